The van der Waals surface area contributed by atoms with Gasteiger partial charge in [-0.25, -0.2) is 4.68 Å². The Labute approximate surface area is 120 Å². The van der Waals surface area contributed by atoms with E-state index in [1.165, 1.54) is 5.56 Å². The summed E-state index contributed by atoms with van der Waals surface area (Å²) in [5.41, 5.74) is 4.44. The van der Waals surface area contributed by atoms with Gasteiger partial charge in [0.25, 0.3) is 0 Å². The summed E-state index contributed by atoms with van der Waals surface area (Å²) in [5.74, 6) is 0.835. The number of nitrogens with zero attached hydrogens (tertiary/aromatic N) is 2. The number of aromatic nitrogens is 2. The van der Waals surface area contributed by atoms with Gasteiger partial charge in [0.1, 0.15) is 11.4 Å². The molecule has 0 bridgehead atoms. The van der Waals surface area contributed by atoms with E-state index in [9.17, 15) is 0 Å². The zero-order valence-corrected chi connectivity index (χ0v) is 12.9. The molecule has 0 radical (unpaired) electrons. The van der Waals surface area contributed by atoms with E-state index in [2.05, 4.69) is 38.1 Å². The Balaban J connectivity index is 2.41. The van der Waals surface area contributed by atoms with Crippen molar-refractivity contribution in [3.63, 3.8) is 0 Å². The number of aryl methyl sites for hydroxylation is 1. The number of para-hydroxylation sites is 2. The molecule has 0 aliphatic heterocycles. The number of benzene rings is 1. The Morgan fingerprint density at radius 3 is 2.60 bits per heavy atom. The van der Waals surface area contributed by atoms with E-state index >= 15 is 0 Å². The summed E-state index contributed by atoms with van der Waals surface area (Å²) in [6.45, 7) is 9.29. The van der Waals surface area contributed by atoms with Crippen LogP contribution in [0, 0.1) is 13.8 Å². The summed E-state index contributed by atoms with van der Waals surface area (Å²) in [6, 6.07) is 8.41. The van der Waals surface area contributed by atoms with E-state index in [0.717, 1.165) is 29.4 Å². The van der Waals surface area contributed by atoms with Gasteiger partial charge in [0.2, 0.25) is 0 Å². The van der Waals surface area contributed by atoms with Crippen molar-refractivity contribution in [2.24, 2.45) is 0 Å². The second kappa shape index (κ2) is 6.09. The minimum atomic E-state index is 0.461. The number of hydrogen-bond donors (Lipinski definition) is 1. The van der Waals surface area contributed by atoms with Crippen LogP contribution in [0.15, 0.2) is 24.3 Å². The first-order valence-electron chi connectivity index (χ1n) is 6.96. The van der Waals surface area contributed by atoms with Gasteiger partial charge >= 0.3 is 0 Å². The third-order valence-corrected chi connectivity index (χ3v) is 3.44. The van der Waals surface area contributed by atoms with Crippen molar-refractivity contribution < 1.29 is 4.74 Å². The number of hydrogen-bond acceptors (Lipinski definition) is 3. The molecule has 2 rings (SSSR count). The predicted molar refractivity (Wildman–Crippen MR) is 81.6 cm³/mol. The molecule has 0 spiro atoms. The molecule has 4 heteroatoms. The van der Waals surface area contributed by atoms with Crippen molar-refractivity contribution in [3.8, 4) is 11.4 Å². The molecule has 1 aromatic carbocycles. The Morgan fingerprint density at radius 1 is 1.25 bits per heavy atom. The fourth-order valence-corrected chi connectivity index (χ4v) is 2.28. The van der Waals surface area contributed by atoms with Gasteiger partial charge in [0.05, 0.1) is 12.8 Å². The van der Waals surface area contributed by atoms with Gasteiger partial charge in [-0.05, 0) is 26.0 Å². The molecule has 0 amide bonds. The van der Waals surface area contributed by atoms with Crippen LogP contribution >= 0.6 is 0 Å². The Hall–Kier alpha value is -1.81. The molecule has 0 unspecified atom stereocenters. The Bertz CT molecular complexity index is 587. The van der Waals surface area contributed by atoms with Gasteiger partial charge in [0.15, 0.2) is 0 Å². The molecule has 108 valence electrons. The molecule has 0 aliphatic carbocycles. The lowest BCUT2D eigenvalue weighted by atomic mass is 10.2. The van der Waals surface area contributed by atoms with Crippen LogP contribution < -0.4 is 10.1 Å². The average molecular weight is 273 g/mol. The standard InChI is InChI=1S/C16H23N3O/c1-11(2)17-10-14-12(3)18-19(13(14)4)15-8-6-7-9-16(15)20-5/h6-9,11,17H,10H2,1-5H3. The molecule has 1 heterocycles. The third kappa shape index (κ3) is 2.85. The first kappa shape index (κ1) is 14.6. The van der Waals surface area contributed by atoms with E-state index in [4.69, 9.17) is 4.74 Å². The molecule has 0 saturated heterocycles. The number of nitrogens with one attached hydrogen (secondary N) is 1. The average Bonchev–Trinajstić information content (AvgIpc) is 2.71. The van der Waals surface area contributed by atoms with Crippen molar-refractivity contribution in [1.82, 2.24) is 15.1 Å². The molecule has 0 saturated carbocycles. The van der Waals surface area contributed by atoms with Crippen molar-refractivity contribution >= 4 is 0 Å². The number of ether oxygens (including phenoxy) is 1. The molecule has 4 nitrogen and oxygen atoms in total. The van der Waals surface area contributed by atoms with Crippen molar-refractivity contribution in [3.05, 3.63) is 41.2 Å². The maximum absolute atomic E-state index is 5.43. The highest BCUT2D eigenvalue weighted by molar-refractivity contribution is 5.48. The zero-order valence-electron chi connectivity index (χ0n) is 12.9. The van der Waals surface area contributed by atoms with Crippen LogP contribution in [0.3, 0.4) is 0 Å². The first-order chi connectivity index (χ1) is 9.54. The largest absolute Gasteiger partial charge is 0.494 e. The topological polar surface area (TPSA) is 39.1 Å². The molecular formula is C16H23N3O. The van der Waals surface area contributed by atoms with Gasteiger partial charge in [-0.15, -0.1) is 0 Å². The zero-order chi connectivity index (χ0) is 14.7. The fraction of sp³-hybridized carbons (Fsp3) is 0.438. The van der Waals surface area contributed by atoms with Crippen LogP contribution in [0.1, 0.15) is 30.8 Å². The molecular weight excluding hydrogens is 250 g/mol. The van der Waals surface area contributed by atoms with Crippen molar-refractivity contribution in [2.75, 3.05) is 7.11 Å². The Morgan fingerprint density at radius 2 is 1.95 bits per heavy atom. The third-order valence-electron chi connectivity index (χ3n) is 3.44. The van der Waals surface area contributed by atoms with E-state index in [0.29, 0.717) is 6.04 Å². The van der Waals surface area contributed by atoms with Crippen LogP contribution in [-0.2, 0) is 6.54 Å². The summed E-state index contributed by atoms with van der Waals surface area (Å²) in [5, 5.41) is 8.12. The molecule has 1 N–H and O–H groups in total. The maximum atomic E-state index is 5.43. The molecule has 0 atom stereocenters. The quantitative estimate of drug-likeness (QED) is 0.910. The van der Waals surface area contributed by atoms with E-state index in [1.807, 2.05) is 28.9 Å². The summed E-state index contributed by atoms with van der Waals surface area (Å²) < 4.78 is 7.39. The molecule has 1 aromatic heterocycles. The lowest BCUT2D eigenvalue weighted by molar-refractivity contribution is 0.411. The van der Waals surface area contributed by atoms with Gasteiger partial charge in [-0.2, -0.15) is 5.10 Å². The van der Waals surface area contributed by atoms with Gasteiger partial charge in [0, 0.05) is 23.8 Å². The number of methoxy groups -OCH3 is 1. The van der Waals surface area contributed by atoms with E-state index in [1.54, 1.807) is 7.11 Å². The molecule has 20 heavy (non-hydrogen) atoms. The van der Waals surface area contributed by atoms with Crippen molar-refractivity contribution in [2.45, 2.75) is 40.3 Å². The van der Waals surface area contributed by atoms with Gasteiger partial charge in [-0.1, -0.05) is 26.0 Å². The van der Waals surface area contributed by atoms with Crippen molar-refractivity contribution in [1.29, 1.82) is 0 Å². The smallest absolute Gasteiger partial charge is 0.144 e. The minimum Gasteiger partial charge on any atom is -0.494 e. The van der Waals surface area contributed by atoms with Crippen LogP contribution in [0.25, 0.3) is 5.69 Å². The first-order valence-corrected chi connectivity index (χ1v) is 6.96. The maximum Gasteiger partial charge on any atom is 0.144 e. The van der Waals surface area contributed by atoms with Crippen LogP contribution in [-0.4, -0.2) is 22.9 Å². The van der Waals surface area contributed by atoms with Gasteiger partial charge < -0.3 is 10.1 Å². The second-order valence-corrected chi connectivity index (χ2v) is 5.27. The Kier molecular flexibility index (Phi) is 4.45. The summed E-state index contributed by atoms with van der Waals surface area (Å²) >= 11 is 0. The van der Waals surface area contributed by atoms with Crippen LogP contribution in [0.4, 0.5) is 0 Å². The second-order valence-electron chi connectivity index (χ2n) is 5.27. The summed E-state index contributed by atoms with van der Waals surface area (Å²) in [6.07, 6.45) is 0. The SMILES string of the molecule is COc1ccccc1-n1nc(C)c(CNC(C)C)c1C. The van der Waals surface area contributed by atoms with Crippen LogP contribution in [0.2, 0.25) is 0 Å². The molecule has 2 aromatic rings. The fourth-order valence-electron chi connectivity index (χ4n) is 2.28. The monoisotopic (exact) mass is 273 g/mol. The van der Waals surface area contributed by atoms with E-state index in [-0.39, 0.29) is 0 Å². The highest BCUT2D eigenvalue weighted by atomic mass is 16.5. The molecule has 0 aliphatic rings. The summed E-state index contributed by atoms with van der Waals surface area (Å²) in [4.78, 5) is 0. The lowest BCUT2D eigenvalue weighted by Crippen LogP contribution is -2.22. The lowest BCUT2D eigenvalue weighted by Gasteiger charge is -2.11. The summed E-state index contributed by atoms with van der Waals surface area (Å²) in [7, 11) is 1.69. The number of rotatable bonds is 5. The highest BCUT2D eigenvalue weighted by Crippen LogP contribution is 2.25. The highest BCUT2D eigenvalue weighted by Gasteiger charge is 2.15. The predicted octanol–water partition coefficient (Wildman–Crippen LogP) is 3.00. The van der Waals surface area contributed by atoms with Gasteiger partial charge in [-0.3, -0.25) is 0 Å². The van der Waals surface area contributed by atoms with E-state index < -0.39 is 0 Å². The molecule has 0 fully saturated rings. The normalized spacial score (nSPS) is 11.1. The minimum absolute atomic E-state index is 0.461. The van der Waals surface area contributed by atoms with Crippen LogP contribution in [0.5, 0.6) is 5.75 Å².